The van der Waals surface area contributed by atoms with E-state index in [1.807, 2.05) is 0 Å². The fourth-order valence-electron chi connectivity index (χ4n) is 2.35. The molecule has 0 bridgehead atoms. The minimum atomic E-state index is -0.881. The molecule has 1 aromatic carbocycles. The van der Waals surface area contributed by atoms with E-state index in [1.54, 1.807) is 18.2 Å². The summed E-state index contributed by atoms with van der Waals surface area (Å²) in [6.45, 7) is 0.705. The van der Waals surface area contributed by atoms with E-state index in [9.17, 15) is 14.3 Å². The smallest absolute Gasteiger partial charge is 0.306 e. The summed E-state index contributed by atoms with van der Waals surface area (Å²) in [5, 5.41) is 9.21. The highest BCUT2D eigenvalue weighted by Crippen LogP contribution is 2.23. The van der Waals surface area contributed by atoms with Crippen LogP contribution >= 0.6 is 0 Å². The molecule has 2 unspecified atom stereocenters. The van der Waals surface area contributed by atoms with Crippen molar-refractivity contribution < 1.29 is 19.0 Å². The summed E-state index contributed by atoms with van der Waals surface area (Å²) in [5.74, 6) is -1.80. The average Bonchev–Trinajstić information content (AvgIpc) is 2.83. The molecule has 1 saturated heterocycles. The number of carbonyl (C=O) groups is 1. The van der Waals surface area contributed by atoms with Gasteiger partial charge in [0, 0.05) is 6.61 Å². The molecule has 2 rings (SSSR count). The fraction of sp³-hybridized carbons (Fsp3) is 0.500. The number of benzene rings is 1. The van der Waals surface area contributed by atoms with E-state index in [0.29, 0.717) is 18.6 Å². The lowest BCUT2D eigenvalue weighted by Gasteiger charge is -2.16. The Balaban J connectivity index is 2.02. The van der Waals surface area contributed by atoms with Crippen LogP contribution in [0.3, 0.4) is 0 Å². The Bertz CT molecular complexity index is 413. The first-order chi connectivity index (χ1) is 8.66. The molecule has 0 aliphatic carbocycles. The predicted octanol–water partition coefficient (Wildman–Crippen LogP) is 2.64. The van der Waals surface area contributed by atoms with Crippen LogP contribution in [0.5, 0.6) is 0 Å². The van der Waals surface area contributed by atoms with Gasteiger partial charge in [0.05, 0.1) is 12.0 Å². The Kier molecular flexibility index (Phi) is 4.31. The van der Waals surface area contributed by atoms with Crippen molar-refractivity contribution in [1.29, 1.82) is 0 Å². The molecule has 2 atom stereocenters. The number of hydrogen-bond acceptors (Lipinski definition) is 2. The van der Waals surface area contributed by atoms with Gasteiger partial charge in [-0.2, -0.15) is 0 Å². The van der Waals surface area contributed by atoms with Gasteiger partial charge in [0.1, 0.15) is 5.82 Å². The van der Waals surface area contributed by atoms with E-state index < -0.39 is 11.9 Å². The van der Waals surface area contributed by atoms with Crippen LogP contribution in [0.15, 0.2) is 24.3 Å². The second kappa shape index (κ2) is 5.96. The predicted molar refractivity (Wildman–Crippen MR) is 64.8 cm³/mol. The Morgan fingerprint density at radius 2 is 2.28 bits per heavy atom. The first kappa shape index (κ1) is 13.0. The van der Waals surface area contributed by atoms with Crippen LogP contribution in [0.2, 0.25) is 0 Å². The second-order valence-electron chi connectivity index (χ2n) is 4.70. The number of carboxylic acids is 1. The molecular weight excluding hydrogens is 235 g/mol. The van der Waals surface area contributed by atoms with Gasteiger partial charge < -0.3 is 9.84 Å². The maximum atomic E-state index is 13.5. The fourth-order valence-corrected chi connectivity index (χ4v) is 2.35. The van der Waals surface area contributed by atoms with Crippen LogP contribution in [0.4, 0.5) is 4.39 Å². The Labute approximate surface area is 106 Å². The summed E-state index contributed by atoms with van der Waals surface area (Å²) in [6, 6.07) is 6.33. The van der Waals surface area contributed by atoms with E-state index >= 15 is 0 Å². The highest BCUT2D eigenvalue weighted by atomic mass is 19.1. The molecule has 0 radical (unpaired) electrons. The van der Waals surface area contributed by atoms with Crippen molar-refractivity contribution in [3.63, 3.8) is 0 Å². The largest absolute Gasteiger partial charge is 0.481 e. The molecule has 1 fully saturated rings. The number of halogens is 1. The summed E-state index contributed by atoms with van der Waals surface area (Å²) in [5.41, 5.74) is 0.461. The normalized spacial score (nSPS) is 20.8. The number of hydrogen-bond donors (Lipinski definition) is 1. The molecule has 0 saturated carbocycles. The third-order valence-electron chi connectivity index (χ3n) is 3.34. The number of ether oxygens (including phenoxy) is 1. The van der Waals surface area contributed by atoms with E-state index in [1.165, 1.54) is 6.07 Å². The lowest BCUT2D eigenvalue weighted by Crippen LogP contribution is -2.22. The highest BCUT2D eigenvalue weighted by molar-refractivity contribution is 5.70. The summed E-state index contributed by atoms with van der Waals surface area (Å²) >= 11 is 0. The molecule has 18 heavy (non-hydrogen) atoms. The highest BCUT2D eigenvalue weighted by Gasteiger charge is 2.26. The van der Waals surface area contributed by atoms with Gasteiger partial charge in [-0.25, -0.2) is 4.39 Å². The van der Waals surface area contributed by atoms with Crippen molar-refractivity contribution in [2.75, 3.05) is 6.61 Å². The summed E-state index contributed by atoms with van der Waals surface area (Å²) < 4.78 is 18.9. The minimum absolute atomic E-state index is 0.0119. The molecule has 1 aliphatic rings. The van der Waals surface area contributed by atoms with Gasteiger partial charge in [0.15, 0.2) is 0 Å². The van der Waals surface area contributed by atoms with E-state index in [0.717, 1.165) is 12.8 Å². The van der Waals surface area contributed by atoms with E-state index in [4.69, 9.17) is 4.74 Å². The molecule has 98 valence electrons. The summed E-state index contributed by atoms with van der Waals surface area (Å²) in [4.78, 5) is 11.2. The van der Waals surface area contributed by atoms with Gasteiger partial charge in [-0.05, 0) is 37.3 Å². The molecule has 1 aromatic rings. The number of rotatable bonds is 5. The van der Waals surface area contributed by atoms with Gasteiger partial charge in [-0.15, -0.1) is 0 Å². The van der Waals surface area contributed by atoms with Gasteiger partial charge in [-0.3, -0.25) is 4.79 Å². The molecule has 0 spiro atoms. The molecular formula is C14H17FO3. The van der Waals surface area contributed by atoms with Gasteiger partial charge >= 0.3 is 5.97 Å². The Morgan fingerprint density at radius 1 is 1.50 bits per heavy atom. The zero-order valence-electron chi connectivity index (χ0n) is 10.1. The van der Waals surface area contributed by atoms with Crippen molar-refractivity contribution in [2.45, 2.75) is 31.8 Å². The average molecular weight is 252 g/mol. The maximum absolute atomic E-state index is 13.5. The lowest BCUT2D eigenvalue weighted by atomic mass is 9.92. The zero-order chi connectivity index (χ0) is 13.0. The van der Waals surface area contributed by atoms with Crippen molar-refractivity contribution in [1.82, 2.24) is 0 Å². The first-order valence-corrected chi connectivity index (χ1v) is 6.24. The SMILES string of the molecule is O=C(O)C(Cc1ccccc1F)CC1CCCO1. The second-order valence-corrected chi connectivity index (χ2v) is 4.70. The Hall–Kier alpha value is -1.42. The monoisotopic (exact) mass is 252 g/mol. The molecule has 1 N–H and O–H groups in total. The quantitative estimate of drug-likeness (QED) is 0.876. The number of carboxylic acid groups (broad SMARTS) is 1. The summed E-state index contributed by atoms with van der Waals surface area (Å²) in [7, 11) is 0. The molecule has 0 amide bonds. The molecule has 0 aromatic heterocycles. The lowest BCUT2D eigenvalue weighted by molar-refractivity contribution is -0.142. The minimum Gasteiger partial charge on any atom is -0.481 e. The van der Waals surface area contributed by atoms with Crippen molar-refractivity contribution in [3.8, 4) is 0 Å². The first-order valence-electron chi connectivity index (χ1n) is 6.24. The van der Waals surface area contributed by atoms with Crippen LogP contribution in [0.25, 0.3) is 0 Å². The van der Waals surface area contributed by atoms with Crippen LogP contribution in [-0.2, 0) is 16.0 Å². The number of aliphatic carboxylic acids is 1. The molecule has 4 heteroatoms. The van der Waals surface area contributed by atoms with E-state index in [2.05, 4.69) is 0 Å². The maximum Gasteiger partial charge on any atom is 0.306 e. The van der Waals surface area contributed by atoms with Gasteiger partial charge in [0.2, 0.25) is 0 Å². The van der Waals surface area contributed by atoms with Gasteiger partial charge in [-0.1, -0.05) is 18.2 Å². The van der Waals surface area contributed by atoms with Crippen LogP contribution in [0, 0.1) is 11.7 Å². The van der Waals surface area contributed by atoms with Crippen LogP contribution in [0.1, 0.15) is 24.8 Å². The van der Waals surface area contributed by atoms with Crippen molar-refractivity contribution >= 4 is 5.97 Å². The molecule has 1 heterocycles. The van der Waals surface area contributed by atoms with Crippen LogP contribution in [-0.4, -0.2) is 23.8 Å². The van der Waals surface area contributed by atoms with Crippen molar-refractivity contribution in [2.24, 2.45) is 5.92 Å². The zero-order valence-corrected chi connectivity index (χ0v) is 10.1. The topological polar surface area (TPSA) is 46.5 Å². The standard InChI is InChI=1S/C14H17FO3/c15-13-6-2-1-4-10(13)8-11(14(16)17)9-12-5-3-7-18-12/h1-2,4,6,11-12H,3,5,7-9H2,(H,16,17). The van der Waals surface area contributed by atoms with E-state index in [-0.39, 0.29) is 18.3 Å². The summed E-state index contributed by atoms with van der Waals surface area (Å²) in [6.07, 6.45) is 2.58. The Morgan fingerprint density at radius 3 is 2.89 bits per heavy atom. The third kappa shape index (κ3) is 3.29. The third-order valence-corrected chi connectivity index (χ3v) is 3.34. The van der Waals surface area contributed by atoms with Crippen LogP contribution < -0.4 is 0 Å². The molecule has 1 aliphatic heterocycles. The molecule has 3 nitrogen and oxygen atoms in total. The van der Waals surface area contributed by atoms with Crippen molar-refractivity contribution in [3.05, 3.63) is 35.6 Å². The van der Waals surface area contributed by atoms with Gasteiger partial charge in [0.25, 0.3) is 0 Å².